The lowest BCUT2D eigenvalue weighted by Crippen LogP contribution is -2.19. The Labute approximate surface area is 79.5 Å². The number of rotatable bonds is 2. The fraction of sp³-hybridized carbons (Fsp3) is 0.125. The number of imidazole rings is 1. The molecule has 2 aromatic rings. The number of hydrogen-bond acceptors (Lipinski definition) is 4. The number of fused-ring (bicyclic) bond motifs is 1. The van der Waals surface area contributed by atoms with Gasteiger partial charge in [-0.05, 0) is 6.07 Å². The number of aromatic nitrogens is 3. The lowest BCUT2D eigenvalue weighted by atomic mass is 10.4. The average Bonchev–Trinajstić information content (AvgIpc) is 2.43. The molecule has 4 N–H and O–H groups in total. The van der Waals surface area contributed by atoms with Crippen LogP contribution >= 0.6 is 0 Å². The standard InChI is InChI=1S/C8H9N5O/c9-7(14)4-13-6-1-2-11-3-5(6)12-8(13)10/h1-3H,4H2,(H2,9,14)(H2,10,12). The molecule has 0 aromatic carbocycles. The minimum absolute atomic E-state index is 0.0341. The quantitative estimate of drug-likeness (QED) is 0.668. The molecule has 72 valence electrons. The van der Waals surface area contributed by atoms with Gasteiger partial charge in [0.1, 0.15) is 12.1 Å². The number of pyridine rings is 1. The first kappa shape index (κ1) is 8.49. The second kappa shape index (κ2) is 2.99. The van der Waals surface area contributed by atoms with Gasteiger partial charge in [0.25, 0.3) is 0 Å². The summed E-state index contributed by atoms with van der Waals surface area (Å²) in [6, 6.07) is 1.74. The Hall–Kier alpha value is -2.11. The second-order valence-corrected chi connectivity index (χ2v) is 2.89. The summed E-state index contributed by atoms with van der Waals surface area (Å²) < 4.78 is 1.55. The van der Waals surface area contributed by atoms with E-state index in [4.69, 9.17) is 11.5 Å². The predicted molar refractivity (Wildman–Crippen MR) is 51.1 cm³/mol. The van der Waals surface area contributed by atoms with Crippen LogP contribution in [0.1, 0.15) is 0 Å². The SMILES string of the molecule is NC(=O)Cn1c(N)nc2cnccc21. The van der Waals surface area contributed by atoms with Crippen LogP contribution in [0.15, 0.2) is 18.5 Å². The van der Waals surface area contributed by atoms with Gasteiger partial charge in [-0.15, -0.1) is 0 Å². The zero-order chi connectivity index (χ0) is 10.1. The largest absolute Gasteiger partial charge is 0.369 e. The summed E-state index contributed by atoms with van der Waals surface area (Å²) in [6.07, 6.45) is 3.20. The number of primary amides is 1. The summed E-state index contributed by atoms with van der Waals surface area (Å²) in [5, 5.41) is 0. The van der Waals surface area contributed by atoms with Gasteiger partial charge < -0.3 is 16.0 Å². The van der Waals surface area contributed by atoms with E-state index < -0.39 is 5.91 Å². The van der Waals surface area contributed by atoms with Crippen molar-refractivity contribution in [3.05, 3.63) is 18.5 Å². The zero-order valence-electron chi connectivity index (χ0n) is 7.34. The highest BCUT2D eigenvalue weighted by Crippen LogP contribution is 2.15. The molecule has 0 atom stereocenters. The van der Waals surface area contributed by atoms with Crippen molar-refractivity contribution >= 4 is 22.9 Å². The third-order valence-corrected chi connectivity index (χ3v) is 1.89. The lowest BCUT2D eigenvalue weighted by Gasteiger charge is -2.01. The minimum Gasteiger partial charge on any atom is -0.369 e. The second-order valence-electron chi connectivity index (χ2n) is 2.89. The Morgan fingerprint density at radius 3 is 3.07 bits per heavy atom. The van der Waals surface area contributed by atoms with Crippen LogP contribution in [0.4, 0.5) is 5.95 Å². The van der Waals surface area contributed by atoms with E-state index in [0.717, 1.165) is 5.52 Å². The van der Waals surface area contributed by atoms with Crippen molar-refractivity contribution in [1.29, 1.82) is 0 Å². The normalized spacial score (nSPS) is 10.6. The minimum atomic E-state index is -0.451. The Morgan fingerprint density at radius 2 is 2.36 bits per heavy atom. The molecule has 0 aliphatic rings. The van der Waals surface area contributed by atoms with Gasteiger partial charge >= 0.3 is 0 Å². The van der Waals surface area contributed by atoms with Crippen molar-refractivity contribution in [2.75, 3.05) is 5.73 Å². The zero-order valence-corrected chi connectivity index (χ0v) is 7.34. The fourth-order valence-electron chi connectivity index (χ4n) is 1.32. The fourth-order valence-corrected chi connectivity index (χ4v) is 1.32. The maximum Gasteiger partial charge on any atom is 0.237 e. The highest BCUT2D eigenvalue weighted by Gasteiger charge is 2.08. The first-order valence-corrected chi connectivity index (χ1v) is 4.02. The molecule has 14 heavy (non-hydrogen) atoms. The van der Waals surface area contributed by atoms with Crippen molar-refractivity contribution < 1.29 is 4.79 Å². The number of nitrogens with zero attached hydrogens (tertiary/aromatic N) is 3. The maximum absolute atomic E-state index is 10.8. The van der Waals surface area contributed by atoms with Crippen LogP contribution in [0, 0.1) is 0 Å². The molecule has 0 unspecified atom stereocenters. The average molecular weight is 191 g/mol. The van der Waals surface area contributed by atoms with Crippen LogP contribution in [0.2, 0.25) is 0 Å². The number of nitrogen functional groups attached to an aromatic ring is 1. The van der Waals surface area contributed by atoms with Crippen molar-refractivity contribution in [2.24, 2.45) is 5.73 Å². The summed E-state index contributed by atoms with van der Waals surface area (Å²) in [5.41, 5.74) is 12.1. The van der Waals surface area contributed by atoms with Gasteiger partial charge in [-0.1, -0.05) is 0 Å². The van der Waals surface area contributed by atoms with E-state index in [-0.39, 0.29) is 12.5 Å². The molecular weight excluding hydrogens is 182 g/mol. The van der Waals surface area contributed by atoms with Gasteiger partial charge in [0, 0.05) is 6.20 Å². The highest BCUT2D eigenvalue weighted by atomic mass is 16.1. The van der Waals surface area contributed by atoms with E-state index in [9.17, 15) is 4.79 Å². The van der Waals surface area contributed by atoms with Gasteiger partial charge in [-0.2, -0.15) is 0 Å². The van der Waals surface area contributed by atoms with E-state index in [2.05, 4.69) is 9.97 Å². The Bertz CT molecular complexity index is 489. The summed E-state index contributed by atoms with van der Waals surface area (Å²) in [6.45, 7) is 0.0341. The van der Waals surface area contributed by atoms with Crippen LogP contribution < -0.4 is 11.5 Å². The molecule has 2 rings (SSSR count). The number of carbonyl (C=O) groups is 1. The highest BCUT2D eigenvalue weighted by molar-refractivity contribution is 5.81. The van der Waals surface area contributed by atoms with Crippen LogP contribution in [-0.2, 0) is 11.3 Å². The van der Waals surface area contributed by atoms with Crippen molar-refractivity contribution in [3.8, 4) is 0 Å². The van der Waals surface area contributed by atoms with Crippen molar-refractivity contribution in [2.45, 2.75) is 6.54 Å². The van der Waals surface area contributed by atoms with Crippen molar-refractivity contribution in [1.82, 2.24) is 14.5 Å². The van der Waals surface area contributed by atoms with E-state index in [1.807, 2.05) is 0 Å². The Morgan fingerprint density at radius 1 is 1.57 bits per heavy atom. The molecular formula is C8H9N5O. The van der Waals surface area contributed by atoms with E-state index in [1.54, 1.807) is 23.0 Å². The molecule has 6 nitrogen and oxygen atoms in total. The molecule has 0 saturated heterocycles. The molecule has 0 radical (unpaired) electrons. The Kier molecular flexibility index (Phi) is 1.81. The number of carbonyl (C=O) groups excluding carboxylic acids is 1. The molecule has 0 fully saturated rings. The van der Waals surface area contributed by atoms with Gasteiger partial charge in [0.2, 0.25) is 11.9 Å². The summed E-state index contributed by atoms with van der Waals surface area (Å²) in [7, 11) is 0. The lowest BCUT2D eigenvalue weighted by molar-refractivity contribution is -0.118. The molecule has 2 aromatic heterocycles. The number of hydrogen-bond donors (Lipinski definition) is 2. The molecule has 2 heterocycles. The predicted octanol–water partition coefficient (Wildman–Crippen LogP) is -0.501. The smallest absolute Gasteiger partial charge is 0.237 e. The molecule has 0 spiro atoms. The molecule has 1 amide bonds. The third-order valence-electron chi connectivity index (χ3n) is 1.89. The number of nitrogens with two attached hydrogens (primary N) is 2. The summed E-state index contributed by atoms with van der Waals surface area (Å²) >= 11 is 0. The van der Waals surface area contributed by atoms with E-state index >= 15 is 0 Å². The van der Waals surface area contributed by atoms with Crippen LogP contribution in [0.5, 0.6) is 0 Å². The van der Waals surface area contributed by atoms with E-state index in [1.165, 1.54) is 0 Å². The van der Waals surface area contributed by atoms with Crippen LogP contribution in [0.25, 0.3) is 11.0 Å². The number of amides is 1. The molecule has 0 aliphatic heterocycles. The summed E-state index contributed by atoms with van der Waals surface area (Å²) in [5.74, 6) is -0.181. The van der Waals surface area contributed by atoms with Crippen molar-refractivity contribution in [3.63, 3.8) is 0 Å². The molecule has 0 aliphatic carbocycles. The third kappa shape index (κ3) is 1.26. The van der Waals surface area contributed by atoms with Gasteiger partial charge in [-0.3, -0.25) is 9.78 Å². The van der Waals surface area contributed by atoms with Gasteiger partial charge in [0.15, 0.2) is 0 Å². The van der Waals surface area contributed by atoms with Crippen LogP contribution in [0.3, 0.4) is 0 Å². The summed E-state index contributed by atoms with van der Waals surface area (Å²) in [4.78, 5) is 18.7. The first-order chi connectivity index (χ1) is 6.68. The van der Waals surface area contributed by atoms with E-state index in [0.29, 0.717) is 5.52 Å². The first-order valence-electron chi connectivity index (χ1n) is 4.02. The maximum atomic E-state index is 10.8. The molecule has 6 heteroatoms. The topological polar surface area (TPSA) is 99.8 Å². The molecule has 0 saturated carbocycles. The Balaban J connectivity index is 2.62. The van der Waals surface area contributed by atoms with Gasteiger partial charge in [0.05, 0.1) is 11.7 Å². The monoisotopic (exact) mass is 191 g/mol. The number of anilines is 1. The van der Waals surface area contributed by atoms with Crippen LogP contribution in [-0.4, -0.2) is 20.4 Å². The van der Waals surface area contributed by atoms with Gasteiger partial charge in [-0.25, -0.2) is 4.98 Å². The molecule has 0 bridgehead atoms.